The van der Waals surface area contributed by atoms with Gasteiger partial charge in [0.25, 0.3) is 0 Å². The Morgan fingerprint density at radius 1 is 0.342 bits per heavy atom. The van der Waals surface area contributed by atoms with Crippen LogP contribution in [0.5, 0.6) is 0 Å². The van der Waals surface area contributed by atoms with Gasteiger partial charge in [0, 0.05) is 0 Å². The highest BCUT2D eigenvalue weighted by molar-refractivity contribution is 5.45. The van der Waals surface area contributed by atoms with E-state index in [4.69, 9.17) is 0 Å². The van der Waals surface area contributed by atoms with Crippen LogP contribution in [0.3, 0.4) is 0 Å². The van der Waals surface area contributed by atoms with E-state index in [2.05, 4.69) is 65.8 Å². The van der Waals surface area contributed by atoms with E-state index in [-0.39, 0.29) is 0 Å². The molecule has 0 aromatic rings. The molecular formula is C38H54. The van der Waals surface area contributed by atoms with Crippen molar-refractivity contribution in [2.24, 2.45) is 43.3 Å². The van der Waals surface area contributed by atoms with Gasteiger partial charge >= 0.3 is 0 Å². The molecule has 8 bridgehead atoms. The normalized spacial score (nSPS) is 56.5. The van der Waals surface area contributed by atoms with Gasteiger partial charge in [-0.15, -0.1) is 0 Å². The molecule has 0 heteroatoms. The second-order valence-corrected chi connectivity index (χ2v) is 19.3. The molecule has 0 N–H and O–H groups in total. The Morgan fingerprint density at radius 2 is 0.605 bits per heavy atom. The van der Waals surface area contributed by atoms with Gasteiger partial charge < -0.3 is 0 Å². The first-order valence-corrected chi connectivity index (χ1v) is 16.5. The predicted molar refractivity (Wildman–Crippen MR) is 160 cm³/mol. The molecule has 0 aliphatic heterocycles. The highest BCUT2D eigenvalue weighted by Gasteiger charge is 2.66. The van der Waals surface area contributed by atoms with Crippen molar-refractivity contribution in [2.75, 3.05) is 0 Å². The summed E-state index contributed by atoms with van der Waals surface area (Å²) in [5.74, 6) is 0. The summed E-state index contributed by atoms with van der Waals surface area (Å²) in [7, 11) is 0. The van der Waals surface area contributed by atoms with Crippen LogP contribution in [0.2, 0.25) is 0 Å². The number of hydrogen-bond acceptors (Lipinski definition) is 0. The molecule has 10 aliphatic rings. The van der Waals surface area contributed by atoms with Crippen LogP contribution < -0.4 is 0 Å². The lowest BCUT2D eigenvalue weighted by Crippen LogP contribution is -2.59. The average Bonchev–Trinajstić information content (AvgIpc) is 2.73. The van der Waals surface area contributed by atoms with Crippen molar-refractivity contribution in [2.45, 2.75) is 144 Å². The van der Waals surface area contributed by atoms with Gasteiger partial charge in [0.2, 0.25) is 0 Å². The van der Waals surface area contributed by atoms with E-state index >= 15 is 0 Å². The maximum absolute atomic E-state index is 2.64. The number of allylic oxidation sites excluding steroid dienone is 8. The standard InChI is InChI=1S/C38H54/c1-31-15-32(2)17-33(3,16-31)23-37(21-31,22-32)29-11-7-27(8-12-29)28-9-13-30(14-10-28)38-24-34(4)18-35(5,25-38)20-36(6,19-34)26-38/h7,9,11,13H,8,10,12,14-26H2,1-6H3. The maximum atomic E-state index is 2.64. The highest BCUT2D eigenvalue weighted by atomic mass is 14.7. The van der Waals surface area contributed by atoms with Gasteiger partial charge in [0.05, 0.1) is 0 Å². The average molecular weight is 511 g/mol. The quantitative estimate of drug-likeness (QED) is 0.354. The van der Waals surface area contributed by atoms with E-state index in [1.165, 1.54) is 103 Å². The minimum absolute atomic E-state index is 0.504. The summed E-state index contributed by atoms with van der Waals surface area (Å²) in [5, 5.41) is 0. The first kappa shape index (κ1) is 24.7. The smallest absolute Gasteiger partial charge is 0.00693 e. The fraction of sp³-hybridized carbons (Fsp3) is 0.789. The third-order valence-electron chi connectivity index (χ3n) is 13.8. The van der Waals surface area contributed by atoms with E-state index in [9.17, 15) is 0 Å². The molecule has 38 heavy (non-hydrogen) atoms. The molecule has 0 aromatic heterocycles. The van der Waals surface area contributed by atoms with Crippen molar-refractivity contribution in [3.05, 3.63) is 46.6 Å². The minimum Gasteiger partial charge on any atom is -0.0636 e. The van der Waals surface area contributed by atoms with E-state index < -0.39 is 0 Å². The van der Waals surface area contributed by atoms with Crippen molar-refractivity contribution in [3.8, 4) is 0 Å². The van der Waals surface area contributed by atoms with Crippen LogP contribution in [0.1, 0.15) is 144 Å². The van der Waals surface area contributed by atoms with E-state index in [0.29, 0.717) is 43.3 Å². The van der Waals surface area contributed by atoms with Crippen molar-refractivity contribution in [3.63, 3.8) is 0 Å². The minimum atomic E-state index is 0.504. The molecule has 0 radical (unpaired) electrons. The topological polar surface area (TPSA) is 0 Å². The summed E-state index contributed by atoms with van der Waals surface area (Å²) in [4.78, 5) is 0. The Kier molecular flexibility index (Phi) is 4.59. The molecular weight excluding hydrogens is 456 g/mol. The van der Waals surface area contributed by atoms with E-state index in [1.807, 2.05) is 11.1 Å². The fourth-order valence-corrected chi connectivity index (χ4v) is 16.0. The summed E-state index contributed by atoms with van der Waals surface area (Å²) in [6, 6.07) is 0. The summed E-state index contributed by atoms with van der Waals surface area (Å²) in [6.07, 6.45) is 33.3. The molecule has 0 aromatic carbocycles. The van der Waals surface area contributed by atoms with Gasteiger partial charge in [-0.2, -0.15) is 0 Å². The van der Waals surface area contributed by atoms with Crippen LogP contribution in [0.25, 0.3) is 0 Å². The van der Waals surface area contributed by atoms with Crippen LogP contribution in [0.15, 0.2) is 46.6 Å². The van der Waals surface area contributed by atoms with Crippen LogP contribution in [-0.2, 0) is 0 Å². The third kappa shape index (κ3) is 3.52. The van der Waals surface area contributed by atoms with Crippen LogP contribution in [0, 0.1) is 43.3 Å². The first-order valence-electron chi connectivity index (χ1n) is 16.5. The molecule has 0 spiro atoms. The summed E-state index contributed by atoms with van der Waals surface area (Å²) in [6.45, 7) is 15.8. The Labute approximate surface area is 233 Å². The van der Waals surface area contributed by atoms with Gasteiger partial charge in [-0.3, -0.25) is 0 Å². The third-order valence-corrected chi connectivity index (χ3v) is 13.8. The van der Waals surface area contributed by atoms with Gasteiger partial charge in [-0.25, -0.2) is 0 Å². The summed E-state index contributed by atoms with van der Waals surface area (Å²) in [5.41, 5.74) is 11.5. The second-order valence-electron chi connectivity index (χ2n) is 19.3. The Balaban J connectivity index is 1.06. The molecule has 8 fully saturated rings. The molecule has 0 saturated heterocycles. The Hall–Kier alpha value is -1.04. The molecule has 0 atom stereocenters. The van der Waals surface area contributed by atoms with Gasteiger partial charge in [-0.05, 0) is 157 Å². The van der Waals surface area contributed by atoms with E-state index in [0.717, 1.165) is 0 Å². The fourth-order valence-electron chi connectivity index (χ4n) is 16.0. The summed E-state index contributed by atoms with van der Waals surface area (Å²) >= 11 is 0. The van der Waals surface area contributed by atoms with Crippen molar-refractivity contribution in [1.82, 2.24) is 0 Å². The molecule has 206 valence electrons. The van der Waals surface area contributed by atoms with Crippen LogP contribution in [0.4, 0.5) is 0 Å². The van der Waals surface area contributed by atoms with Gasteiger partial charge in [0.15, 0.2) is 0 Å². The van der Waals surface area contributed by atoms with Crippen molar-refractivity contribution >= 4 is 0 Å². The number of hydrogen-bond donors (Lipinski definition) is 0. The Bertz CT molecular complexity index is 1030. The van der Waals surface area contributed by atoms with Crippen LogP contribution in [-0.4, -0.2) is 0 Å². The first-order chi connectivity index (χ1) is 17.7. The second kappa shape index (κ2) is 7.05. The Morgan fingerprint density at radius 3 is 0.816 bits per heavy atom. The van der Waals surface area contributed by atoms with Crippen LogP contribution >= 0.6 is 0 Å². The lowest BCUT2D eigenvalue weighted by Gasteiger charge is -2.70. The zero-order valence-electron chi connectivity index (χ0n) is 25.6. The maximum Gasteiger partial charge on any atom is -0.00693 e. The SMILES string of the molecule is CC12CC3(C)CC(C)(C1)CC(C1=CC=C(C4=CC=C(C56CC7(C)CC(C)(CC(C)(C7)C5)C6)CC4)CC1)(C2)C3. The molecule has 10 rings (SSSR count). The molecule has 10 aliphatic carbocycles. The molecule has 0 unspecified atom stereocenters. The largest absolute Gasteiger partial charge is 0.0636 e. The van der Waals surface area contributed by atoms with Crippen molar-refractivity contribution < 1.29 is 0 Å². The van der Waals surface area contributed by atoms with Gasteiger partial charge in [-0.1, -0.05) is 77.0 Å². The van der Waals surface area contributed by atoms with E-state index in [1.54, 1.807) is 11.1 Å². The highest BCUT2D eigenvalue weighted by Crippen LogP contribution is 2.77. The van der Waals surface area contributed by atoms with Gasteiger partial charge in [0.1, 0.15) is 0 Å². The molecule has 8 saturated carbocycles. The molecule has 0 amide bonds. The predicted octanol–water partition coefficient (Wildman–Crippen LogP) is 11.1. The summed E-state index contributed by atoms with van der Waals surface area (Å²) < 4.78 is 0. The monoisotopic (exact) mass is 510 g/mol. The van der Waals surface area contributed by atoms with Crippen molar-refractivity contribution in [1.29, 1.82) is 0 Å². The lowest BCUT2D eigenvalue weighted by atomic mass is 9.35. The zero-order valence-corrected chi connectivity index (χ0v) is 25.6. The number of rotatable bonds is 3. The zero-order chi connectivity index (χ0) is 26.5. The molecule has 0 nitrogen and oxygen atoms in total. The lowest BCUT2D eigenvalue weighted by molar-refractivity contribution is -0.170. The molecule has 0 heterocycles.